The zero-order chi connectivity index (χ0) is 14.9. The lowest BCUT2D eigenvalue weighted by Crippen LogP contribution is -2.19. The lowest BCUT2D eigenvalue weighted by atomic mass is 10.0. The molecule has 0 bridgehead atoms. The quantitative estimate of drug-likeness (QED) is 0.857. The van der Waals surface area contributed by atoms with Crippen LogP contribution in [0.3, 0.4) is 0 Å². The zero-order valence-corrected chi connectivity index (χ0v) is 11.7. The predicted octanol–water partition coefficient (Wildman–Crippen LogP) is 2.78. The van der Waals surface area contributed by atoms with Gasteiger partial charge in [-0.3, -0.25) is 0 Å². The highest BCUT2D eigenvalue weighted by atomic mass is 19.3. The fourth-order valence-electron chi connectivity index (χ4n) is 2.16. The summed E-state index contributed by atoms with van der Waals surface area (Å²) in [6, 6.07) is 1.28. The molecule has 0 aliphatic carbocycles. The highest BCUT2D eigenvalue weighted by Crippen LogP contribution is 2.26. The van der Waals surface area contributed by atoms with E-state index >= 15 is 0 Å². The van der Waals surface area contributed by atoms with Crippen LogP contribution >= 0.6 is 0 Å². The van der Waals surface area contributed by atoms with Crippen molar-refractivity contribution in [3.63, 3.8) is 0 Å². The van der Waals surface area contributed by atoms with Crippen LogP contribution in [0.5, 0.6) is 0 Å². The van der Waals surface area contributed by atoms with Crippen LogP contribution in [0.2, 0.25) is 0 Å². The van der Waals surface area contributed by atoms with Gasteiger partial charge in [0.1, 0.15) is 11.9 Å². The first-order valence-corrected chi connectivity index (χ1v) is 6.49. The number of alkyl halides is 2. The van der Waals surface area contributed by atoms with Crippen molar-refractivity contribution in [2.24, 2.45) is 5.73 Å². The molecule has 5 nitrogen and oxygen atoms in total. The number of ether oxygens (including phenoxy) is 1. The Morgan fingerprint density at radius 1 is 1.40 bits per heavy atom. The van der Waals surface area contributed by atoms with Crippen LogP contribution in [-0.4, -0.2) is 21.2 Å². The minimum atomic E-state index is -2.62. The van der Waals surface area contributed by atoms with Crippen LogP contribution in [0, 0.1) is 0 Å². The van der Waals surface area contributed by atoms with Crippen molar-refractivity contribution >= 4 is 5.65 Å². The highest BCUT2D eigenvalue weighted by molar-refractivity contribution is 5.43. The molecule has 7 heteroatoms. The fourth-order valence-corrected chi connectivity index (χ4v) is 2.16. The Kier molecular flexibility index (Phi) is 4.29. The van der Waals surface area contributed by atoms with Gasteiger partial charge in [0.25, 0.3) is 6.43 Å². The topological polar surface area (TPSA) is 65.4 Å². The van der Waals surface area contributed by atoms with E-state index in [9.17, 15) is 8.78 Å². The Labute approximate surface area is 115 Å². The minimum Gasteiger partial charge on any atom is -0.359 e. The molecular formula is C13H18F2N4O. The Balaban J connectivity index is 2.62. The Bertz CT molecular complexity index is 597. The lowest BCUT2D eigenvalue weighted by Gasteiger charge is -2.19. The number of fused-ring (bicyclic) bond motifs is 1. The molecule has 20 heavy (non-hydrogen) atoms. The average Bonchev–Trinajstić information content (AvgIpc) is 2.81. The molecule has 110 valence electrons. The highest BCUT2D eigenvalue weighted by Gasteiger charge is 2.21. The molecule has 1 unspecified atom stereocenters. The first-order valence-electron chi connectivity index (χ1n) is 6.49. The van der Waals surface area contributed by atoms with Gasteiger partial charge in [0, 0.05) is 24.4 Å². The number of hydrogen-bond donors (Lipinski definition) is 1. The van der Waals surface area contributed by atoms with Gasteiger partial charge in [-0.1, -0.05) is 13.8 Å². The van der Waals surface area contributed by atoms with Crippen LogP contribution in [0.25, 0.3) is 5.65 Å². The number of rotatable bonds is 5. The van der Waals surface area contributed by atoms with E-state index in [0.717, 1.165) is 5.69 Å². The summed E-state index contributed by atoms with van der Waals surface area (Å²) in [6.45, 7) is 6.18. The van der Waals surface area contributed by atoms with E-state index in [1.807, 2.05) is 20.8 Å². The third-order valence-corrected chi connectivity index (χ3v) is 2.99. The smallest absolute Gasteiger partial charge is 0.282 e. The van der Waals surface area contributed by atoms with Crippen molar-refractivity contribution in [2.45, 2.75) is 39.3 Å². The van der Waals surface area contributed by atoms with Gasteiger partial charge in [0.15, 0.2) is 5.65 Å². The molecule has 2 heterocycles. The zero-order valence-electron chi connectivity index (χ0n) is 11.7. The summed E-state index contributed by atoms with van der Waals surface area (Å²) < 4.78 is 32.3. The van der Waals surface area contributed by atoms with Crippen LogP contribution in [0.15, 0.2) is 12.3 Å². The summed E-state index contributed by atoms with van der Waals surface area (Å²) in [5.74, 6) is 0.0485. The SMILES string of the molecule is CCOC(N)c1cnc2cc(C(F)F)nn2c1C(C)C. The van der Waals surface area contributed by atoms with Crippen molar-refractivity contribution in [3.05, 3.63) is 29.2 Å². The standard InChI is InChI=1S/C13H18F2N4O/c1-4-20-13(16)8-6-17-10-5-9(12(14)15)18-19(10)11(8)7(2)3/h5-7,12-13H,4,16H2,1-3H3. The molecule has 0 amide bonds. The maximum atomic E-state index is 12.8. The van der Waals surface area contributed by atoms with Gasteiger partial charge >= 0.3 is 0 Å². The second-order valence-corrected chi connectivity index (χ2v) is 4.77. The average molecular weight is 284 g/mol. The van der Waals surface area contributed by atoms with Gasteiger partial charge in [0.05, 0.1) is 5.69 Å². The molecule has 0 fully saturated rings. The first-order chi connectivity index (χ1) is 9.45. The summed E-state index contributed by atoms with van der Waals surface area (Å²) >= 11 is 0. The summed E-state index contributed by atoms with van der Waals surface area (Å²) in [5, 5.41) is 3.93. The third-order valence-electron chi connectivity index (χ3n) is 2.99. The monoisotopic (exact) mass is 284 g/mol. The number of aromatic nitrogens is 3. The van der Waals surface area contributed by atoms with Crippen LogP contribution < -0.4 is 5.73 Å². The predicted molar refractivity (Wildman–Crippen MR) is 70.6 cm³/mol. The van der Waals surface area contributed by atoms with E-state index in [0.29, 0.717) is 17.8 Å². The van der Waals surface area contributed by atoms with Crippen LogP contribution in [0.4, 0.5) is 8.78 Å². The van der Waals surface area contributed by atoms with E-state index in [-0.39, 0.29) is 11.6 Å². The third kappa shape index (κ3) is 2.64. The molecule has 0 aliphatic rings. The number of nitrogens with two attached hydrogens (primary N) is 1. The van der Waals surface area contributed by atoms with E-state index < -0.39 is 12.7 Å². The number of hydrogen-bond acceptors (Lipinski definition) is 4. The van der Waals surface area contributed by atoms with Gasteiger partial charge in [0.2, 0.25) is 0 Å². The second-order valence-electron chi connectivity index (χ2n) is 4.77. The van der Waals surface area contributed by atoms with E-state index in [2.05, 4.69) is 10.1 Å². The minimum absolute atomic E-state index is 0.0485. The fraction of sp³-hybridized carbons (Fsp3) is 0.538. The van der Waals surface area contributed by atoms with E-state index in [4.69, 9.17) is 10.5 Å². The van der Waals surface area contributed by atoms with E-state index in [1.165, 1.54) is 10.6 Å². The number of halogens is 2. The Morgan fingerprint density at radius 3 is 2.65 bits per heavy atom. The molecule has 2 rings (SSSR count). The van der Waals surface area contributed by atoms with Gasteiger partial charge in [-0.2, -0.15) is 5.10 Å². The summed E-state index contributed by atoms with van der Waals surface area (Å²) in [7, 11) is 0. The molecule has 2 N–H and O–H groups in total. The normalized spacial score (nSPS) is 13.6. The summed E-state index contributed by atoms with van der Waals surface area (Å²) in [5.41, 5.74) is 7.45. The molecule has 0 aliphatic heterocycles. The van der Waals surface area contributed by atoms with Crippen molar-refractivity contribution in [1.82, 2.24) is 14.6 Å². The van der Waals surface area contributed by atoms with Gasteiger partial charge in [-0.05, 0) is 12.8 Å². The van der Waals surface area contributed by atoms with Gasteiger partial charge in [-0.15, -0.1) is 0 Å². The molecule has 2 aromatic heterocycles. The molecule has 1 atom stereocenters. The molecule has 0 saturated heterocycles. The molecule has 2 aromatic rings. The lowest BCUT2D eigenvalue weighted by molar-refractivity contribution is 0.0659. The van der Waals surface area contributed by atoms with Gasteiger partial charge in [-0.25, -0.2) is 18.3 Å². The maximum Gasteiger partial charge on any atom is 0.282 e. The Morgan fingerprint density at radius 2 is 2.10 bits per heavy atom. The van der Waals surface area contributed by atoms with Crippen molar-refractivity contribution in [1.29, 1.82) is 0 Å². The molecule has 0 spiro atoms. The van der Waals surface area contributed by atoms with Crippen LogP contribution in [0.1, 0.15) is 56.3 Å². The number of nitrogens with zero attached hydrogens (tertiary/aromatic N) is 3. The summed E-state index contributed by atoms with van der Waals surface area (Å²) in [4.78, 5) is 4.14. The molecular weight excluding hydrogens is 266 g/mol. The first kappa shape index (κ1) is 14.8. The Hall–Kier alpha value is -1.60. The molecule has 0 radical (unpaired) electrons. The molecule has 0 aromatic carbocycles. The molecule has 0 saturated carbocycles. The second kappa shape index (κ2) is 5.80. The van der Waals surface area contributed by atoms with Crippen LogP contribution in [-0.2, 0) is 4.74 Å². The summed E-state index contributed by atoms with van der Waals surface area (Å²) in [6.07, 6.45) is -1.70. The van der Waals surface area contributed by atoms with E-state index in [1.54, 1.807) is 6.20 Å². The largest absolute Gasteiger partial charge is 0.359 e. The van der Waals surface area contributed by atoms with Gasteiger partial charge < -0.3 is 10.5 Å². The maximum absolute atomic E-state index is 12.8. The van der Waals surface area contributed by atoms with Crippen molar-refractivity contribution < 1.29 is 13.5 Å². The van der Waals surface area contributed by atoms with Crippen molar-refractivity contribution in [2.75, 3.05) is 6.61 Å². The van der Waals surface area contributed by atoms with Crippen molar-refractivity contribution in [3.8, 4) is 0 Å².